The van der Waals surface area contributed by atoms with Gasteiger partial charge < -0.3 is 5.32 Å². The van der Waals surface area contributed by atoms with Gasteiger partial charge in [0.25, 0.3) is 5.56 Å². The Bertz CT molecular complexity index is 436. The largest absolute Gasteiger partial charge is 0.379 e. The van der Waals surface area contributed by atoms with Gasteiger partial charge in [-0.15, -0.1) is 0 Å². The summed E-state index contributed by atoms with van der Waals surface area (Å²) in [5.41, 5.74) is 0.717. The van der Waals surface area contributed by atoms with Gasteiger partial charge in [-0.25, -0.2) is 4.68 Å². The first-order valence-electron chi connectivity index (χ1n) is 6.15. The molecule has 1 unspecified atom stereocenters. The number of nitrogens with one attached hydrogen (secondary N) is 1. The summed E-state index contributed by atoms with van der Waals surface area (Å²) in [7, 11) is 0. The second kappa shape index (κ2) is 7.84. The number of thioether (sulfide) groups is 1. The van der Waals surface area contributed by atoms with Crippen molar-refractivity contribution in [3.05, 3.63) is 21.0 Å². The summed E-state index contributed by atoms with van der Waals surface area (Å²) in [5.74, 6) is 1.01. The SMILES string of the molecule is CCCn1ncc(NC(CC)CSC)c(Br)c1=O. The van der Waals surface area contributed by atoms with Crippen molar-refractivity contribution in [1.82, 2.24) is 9.78 Å². The maximum Gasteiger partial charge on any atom is 0.283 e. The smallest absolute Gasteiger partial charge is 0.283 e. The van der Waals surface area contributed by atoms with E-state index in [0.29, 0.717) is 17.1 Å². The predicted molar refractivity (Wildman–Crippen MR) is 82.6 cm³/mol. The topological polar surface area (TPSA) is 46.9 Å². The van der Waals surface area contributed by atoms with Gasteiger partial charge in [0.2, 0.25) is 0 Å². The molecule has 1 rings (SSSR count). The summed E-state index contributed by atoms with van der Waals surface area (Å²) in [5, 5.41) is 7.55. The fraction of sp³-hybridized carbons (Fsp3) is 0.667. The average Bonchev–Trinajstić information content (AvgIpc) is 2.37. The number of rotatable bonds is 7. The fourth-order valence-corrected chi connectivity index (χ4v) is 2.76. The molecule has 0 radical (unpaired) electrons. The van der Waals surface area contributed by atoms with E-state index in [1.807, 2.05) is 6.92 Å². The van der Waals surface area contributed by atoms with Gasteiger partial charge in [-0.3, -0.25) is 4.79 Å². The normalized spacial score (nSPS) is 12.4. The molecule has 1 aromatic rings. The molecule has 0 spiro atoms. The van der Waals surface area contributed by atoms with Crippen LogP contribution in [0.3, 0.4) is 0 Å². The minimum absolute atomic E-state index is 0.0687. The van der Waals surface area contributed by atoms with Gasteiger partial charge in [0.15, 0.2) is 0 Å². The van der Waals surface area contributed by atoms with Gasteiger partial charge in [0.1, 0.15) is 4.47 Å². The molecule has 0 bridgehead atoms. The van der Waals surface area contributed by atoms with Crippen LogP contribution in [0.1, 0.15) is 26.7 Å². The van der Waals surface area contributed by atoms with Crippen molar-refractivity contribution < 1.29 is 0 Å². The zero-order valence-electron chi connectivity index (χ0n) is 11.1. The second-order valence-corrected chi connectivity index (χ2v) is 5.81. The highest BCUT2D eigenvalue weighted by molar-refractivity contribution is 9.10. The van der Waals surface area contributed by atoms with Crippen molar-refractivity contribution in [3.8, 4) is 0 Å². The summed E-state index contributed by atoms with van der Waals surface area (Å²) >= 11 is 5.16. The molecule has 0 aliphatic heterocycles. The van der Waals surface area contributed by atoms with E-state index in [1.54, 1.807) is 18.0 Å². The van der Waals surface area contributed by atoms with Crippen LogP contribution in [0.15, 0.2) is 15.5 Å². The number of nitrogens with zero attached hydrogens (tertiary/aromatic N) is 2. The van der Waals surface area contributed by atoms with Crippen LogP contribution in [0.25, 0.3) is 0 Å². The number of anilines is 1. The van der Waals surface area contributed by atoms with Crippen molar-refractivity contribution in [2.75, 3.05) is 17.3 Å². The lowest BCUT2D eigenvalue weighted by molar-refractivity contribution is 0.565. The highest BCUT2D eigenvalue weighted by atomic mass is 79.9. The summed E-state index contributed by atoms with van der Waals surface area (Å²) in [6.07, 6.45) is 5.72. The van der Waals surface area contributed by atoms with Crippen molar-refractivity contribution in [3.63, 3.8) is 0 Å². The molecule has 1 heterocycles. The van der Waals surface area contributed by atoms with Crippen LogP contribution >= 0.6 is 27.7 Å². The first-order valence-corrected chi connectivity index (χ1v) is 8.33. The highest BCUT2D eigenvalue weighted by Gasteiger charge is 2.12. The molecule has 1 atom stereocenters. The zero-order chi connectivity index (χ0) is 13.5. The first kappa shape index (κ1) is 15.6. The van der Waals surface area contributed by atoms with Crippen molar-refractivity contribution in [1.29, 1.82) is 0 Å². The van der Waals surface area contributed by atoms with Gasteiger partial charge in [0, 0.05) is 18.3 Å². The van der Waals surface area contributed by atoms with Crippen LogP contribution in [0.4, 0.5) is 5.69 Å². The van der Waals surface area contributed by atoms with Gasteiger partial charge in [-0.2, -0.15) is 16.9 Å². The minimum atomic E-state index is -0.0687. The van der Waals surface area contributed by atoms with Crippen LogP contribution < -0.4 is 10.9 Å². The van der Waals surface area contributed by atoms with Crippen LogP contribution in [-0.2, 0) is 6.54 Å². The number of hydrogen-bond donors (Lipinski definition) is 1. The number of hydrogen-bond acceptors (Lipinski definition) is 4. The number of aryl methyl sites for hydroxylation is 1. The van der Waals surface area contributed by atoms with E-state index in [1.165, 1.54) is 4.68 Å². The average molecular weight is 334 g/mol. The Hall–Kier alpha value is -0.490. The quantitative estimate of drug-likeness (QED) is 0.833. The molecule has 0 aliphatic carbocycles. The van der Waals surface area contributed by atoms with Crippen molar-refractivity contribution in [2.24, 2.45) is 0 Å². The van der Waals surface area contributed by atoms with E-state index in [9.17, 15) is 4.79 Å². The van der Waals surface area contributed by atoms with Crippen molar-refractivity contribution in [2.45, 2.75) is 39.3 Å². The third-order valence-electron chi connectivity index (χ3n) is 2.64. The third-order valence-corrected chi connectivity index (χ3v) is 4.14. The third kappa shape index (κ3) is 4.02. The fourth-order valence-electron chi connectivity index (χ4n) is 1.62. The van der Waals surface area contributed by atoms with Gasteiger partial charge in [0.05, 0.1) is 11.9 Å². The molecule has 0 fully saturated rings. The Kier molecular flexibility index (Phi) is 6.78. The maximum absolute atomic E-state index is 12.0. The maximum atomic E-state index is 12.0. The molecule has 4 nitrogen and oxygen atoms in total. The monoisotopic (exact) mass is 333 g/mol. The van der Waals surface area contributed by atoms with Crippen LogP contribution in [0.2, 0.25) is 0 Å². The molecule has 0 amide bonds. The lowest BCUT2D eigenvalue weighted by Gasteiger charge is -2.18. The molecule has 1 aromatic heterocycles. The predicted octanol–water partition coefficient (Wildman–Crippen LogP) is 2.97. The van der Waals surface area contributed by atoms with Crippen LogP contribution in [0, 0.1) is 0 Å². The minimum Gasteiger partial charge on any atom is -0.379 e. The Morgan fingerprint density at radius 1 is 1.56 bits per heavy atom. The standard InChI is InChI=1S/C12H20BrN3OS/c1-4-6-16-12(17)11(13)10(7-14-16)15-9(5-2)8-18-3/h7,9,15H,4-6,8H2,1-3H3. The molecule has 1 N–H and O–H groups in total. The lowest BCUT2D eigenvalue weighted by atomic mass is 10.2. The van der Waals surface area contributed by atoms with Gasteiger partial charge in [-0.05, 0) is 35.0 Å². The Labute approximate surface area is 121 Å². The molecule has 0 saturated heterocycles. The Morgan fingerprint density at radius 3 is 2.83 bits per heavy atom. The molecule has 18 heavy (non-hydrogen) atoms. The van der Waals surface area contributed by atoms with Crippen molar-refractivity contribution >= 4 is 33.4 Å². The van der Waals surface area contributed by atoms with E-state index in [4.69, 9.17) is 0 Å². The van der Waals surface area contributed by atoms with E-state index >= 15 is 0 Å². The number of halogens is 1. The van der Waals surface area contributed by atoms with E-state index in [2.05, 4.69) is 39.5 Å². The van der Waals surface area contributed by atoms with Crippen LogP contribution in [-0.4, -0.2) is 27.8 Å². The second-order valence-electron chi connectivity index (χ2n) is 4.11. The molecule has 0 saturated carbocycles. The molecule has 102 valence electrons. The van der Waals surface area contributed by atoms with E-state index < -0.39 is 0 Å². The lowest BCUT2D eigenvalue weighted by Crippen LogP contribution is -2.27. The molecule has 0 aromatic carbocycles. The van der Waals surface area contributed by atoms with E-state index in [0.717, 1.165) is 24.3 Å². The van der Waals surface area contributed by atoms with Gasteiger partial charge >= 0.3 is 0 Å². The summed E-state index contributed by atoms with van der Waals surface area (Å²) in [4.78, 5) is 12.0. The number of aromatic nitrogens is 2. The molecule has 0 aliphatic rings. The molecular weight excluding hydrogens is 314 g/mol. The van der Waals surface area contributed by atoms with E-state index in [-0.39, 0.29) is 5.56 Å². The molecular formula is C12H20BrN3OS. The zero-order valence-corrected chi connectivity index (χ0v) is 13.5. The van der Waals surface area contributed by atoms with Gasteiger partial charge in [-0.1, -0.05) is 13.8 Å². The Morgan fingerprint density at radius 2 is 2.28 bits per heavy atom. The summed E-state index contributed by atoms with van der Waals surface area (Å²) in [6, 6.07) is 0.361. The Balaban J connectivity index is 2.91. The first-order chi connectivity index (χ1) is 8.63. The van der Waals surface area contributed by atoms with Crippen LogP contribution in [0.5, 0.6) is 0 Å². The summed E-state index contributed by atoms with van der Waals surface area (Å²) < 4.78 is 2.07. The molecule has 6 heteroatoms. The summed E-state index contributed by atoms with van der Waals surface area (Å²) in [6.45, 7) is 4.81. The highest BCUT2D eigenvalue weighted by Crippen LogP contribution is 2.19.